The number of piperidine rings is 1. The summed E-state index contributed by atoms with van der Waals surface area (Å²) in [6, 6.07) is 7.41. The highest BCUT2D eigenvalue weighted by Gasteiger charge is 2.44. The average Bonchev–Trinajstić information content (AvgIpc) is 2.82. The van der Waals surface area contributed by atoms with E-state index in [-0.39, 0.29) is 17.6 Å². The second-order valence-electron chi connectivity index (χ2n) is 11.6. The lowest BCUT2D eigenvalue weighted by Crippen LogP contribution is -2.65. The number of fused-ring (bicyclic) bond motifs is 2. The van der Waals surface area contributed by atoms with Crippen LogP contribution in [0.1, 0.15) is 49.4 Å². The fourth-order valence-corrected chi connectivity index (χ4v) is 4.83. The molecule has 37 heavy (non-hydrogen) atoms. The monoisotopic (exact) mass is 498 g/mol. The molecule has 0 atom stereocenters. The lowest BCUT2D eigenvalue weighted by Gasteiger charge is -2.47. The molecule has 0 saturated carbocycles. The molecule has 190 valence electrons. The molecule has 1 aromatic carbocycles. The number of aryl methyl sites for hydroxylation is 1. The first kappa shape index (κ1) is 25.6. The van der Waals surface area contributed by atoms with Crippen LogP contribution in [-0.2, 0) is 0 Å². The number of nitrogens with zero attached hydrogens (tertiary/aromatic N) is 4. The summed E-state index contributed by atoms with van der Waals surface area (Å²) in [5, 5.41) is 3.85. The normalized spacial score (nSPS) is 18.8. The van der Waals surface area contributed by atoms with Gasteiger partial charge >= 0.3 is 0 Å². The molecule has 4 heterocycles. The van der Waals surface area contributed by atoms with Crippen LogP contribution in [0.25, 0.3) is 5.65 Å². The van der Waals surface area contributed by atoms with E-state index >= 15 is 0 Å². The summed E-state index contributed by atoms with van der Waals surface area (Å²) in [5.41, 5.74) is 3.35. The summed E-state index contributed by atoms with van der Waals surface area (Å²) in [6.45, 7) is 9.75. The van der Waals surface area contributed by atoms with Crippen molar-refractivity contribution >= 4 is 42.9 Å². The molecular weight excluding hydrogens is 464 g/mol. The van der Waals surface area contributed by atoms with E-state index in [1.165, 1.54) is 4.52 Å². The van der Waals surface area contributed by atoms with Crippen molar-refractivity contribution in [2.45, 2.75) is 63.4 Å². The van der Waals surface area contributed by atoms with Crippen LogP contribution in [0.2, 0.25) is 0 Å². The van der Waals surface area contributed by atoms with Crippen LogP contribution in [0, 0.1) is 13.8 Å². The molecule has 0 radical (unpaired) electrons. The smallest absolute Gasteiger partial charge is 0.274 e. The quantitative estimate of drug-likeness (QED) is 0.449. The van der Waals surface area contributed by atoms with Crippen LogP contribution in [0.5, 0.6) is 17.2 Å². The molecule has 1 saturated heterocycles. The number of hydrogen-bond acceptors (Lipinski definition) is 7. The maximum absolute atomic E-state index is 12.8. The first-order valence-corrected chi connectivity index (χ1v) is 13.2. The van der Waals surface area contributed by atoms with E-state index in [1.54, 1.807) is 6.07 Å². The Balaban J connectivity index is 1.31. The van der Waals surface area contributed by atoms with Crippen LogP contribution in [0.4, 0.5) is 5.82 Å². The van der Waals surface area contributed by atoms with Gasteiger partial charge in [0, 0.05) is 49.2 Å². The molecule has 0 unspecified atom stereocenters. The minimum atomic E-state index is -0.458. The van der Waals surface area contributed by atoms with Gasteiger partial charge in [-0.15, -0.1) is 5.10 Å². The topological polar surface area (TPSA) is 78.2 Å². The summed E-state index contributed by atoms with van der Waals surface area (Å²) in [4.78, 5) is 19.8. The van der Waals surface area contributed by atoms with Gasteiger partial charge in [-0.3, -0.25) is 4.79 Å². The summed E-state index contributed by atoms with van der Waals surface area (Å²) in [5.74, 6) is 3.26. The molecule has 12 heteroatoms. The van der Waals surface area contributed by atoms with Crippen LogP contribution >= 0.6 is 0 Å². The van der Waals surface area contributed by atoms with E-state index in [0.717, 1.165) is 60.1 Å². The van der Waals surface area contributed by atoms with Crippen molar-refractivity contribution in [3.8, 4) is 17.2 Å². The van der Waals surface area contributed by atoms with Gasteiger partial charge in [0.25, 0.3) is 5.56 Å². The minimum absolute atomic E-state index is 0.0862. The summed E-state index contributed by atoms with van der Waals surface area (Å²) >= 11 is 0. The molecule has 0 spiro atoms. The lowest BCUT2D eigenvalue weighted by molar-refractivity contribution is 0.0609. The minimum Gasteiger partial charge on any atom is -0.499 e. The van der Waals surface area contributed by atoms with Gasteiger partial charge in [0.1, 0.15) is 43.2 Å². The zero-order valence-corrected chi connectivity index (χ0v) is 23.2. The Hall–Kier alpha value is -3.03. The Morgan fingerprint density at radius 1 is 1.00 bits per heavy atom. The second kappa shape index (κ2) is 9.06. The van der Waals surface area contributed by atoms with Crippen molar-refractivity contribution in [2.75, 3.05) is 18.0 Å². The van der Waals surface area contributed by atoms with Crippen LogP contribution < -0.4 is 24.7 Å². The van der Waals surface area contributed by atoms with Gasteiger partial charge < -0.3 is 19.1 Å². The van der Waals surface area contributed by atoms with E-state index in [0.29, 0.717) is 11.4 Å². The van der Waals surface area contributed by atoms with Gasteiger partial charge in [0.2, 0.25) is 0 Å². The highest BCUT2D eigenvalue weighted by Crippen LogP contribution is 2.41. The maximum Gasteiger partial charge on any atom is 0.274 e. The third kappa shape index (κ3) is 4.59. The number of benzene rings is 1. The first-order valence-electron chi connectivity index (χ1n) is 13.2. The van der Waals surface area contributed by atoms with Gasteiger partial charge in [-0.2, -0.15) is 4.52 Å². The van der Waals surface area contributed by atoms with Gasteiger partial charge in [0.15, 0.2) is 23.0 Å². The molecule has 0 aliphatic carbocycles. The van der Waals surface area contributed by atoms with E-state index in [9.17, 15) is 4.79 Å². The predicted molar refractivity (Wildman–Crippen MR) is 156 cm³/mol. The van der Waals surface area contributed by atoms with Crippen molar-refractivity contribution < 1.29 is 14.2 Å². The van der Waals surface area contributed by atoms with Gasteiger partial charge in [-0.05, 0) is 31.9 Å². The maximum atomic E-state index is 12.8. The van der Waals surface area contributed by atoms with Crippen LogP contribution in [0.3, 0.4) is 0 Å². The van der Waals surface area contributed by atoms with Crippen molar-refractivity contribution in [3.63, 3.8) is 0 Å². The third-order valence-electron chi connectivity index (χ3n) is 8.07. The van der Waals surface area contributed by atoms with E-state index in [2.05, 4.69) is 11.8 Å². The van der Waals surface area contributed by atoms with Crippen molar-refractivity contribution in [1.29, 1.82) is 0 Å². The summed E-state index contributed by atoms with van der Waals surface area (Å²) < 4.78 is 20.3. The fourth-order valence-electron chi connectivity index (χ4n) is 4.83. The Bertz CT molecular complexity index is 1420. The van der Waals surface area contributed by atoms with Crippen molar-refractivity contribution in [1.82, 2.24) is 14.6 Å². The fraction of sp³-hybridized carbons (Fsp3) is 0.480. The van der Waals surface area contributed by atoms with E-state index in [4.69, 9.17) is 24.3 Å². The molecule has 2 aliphatic heterocycles. The van der Waals surface area contributed by atoms with Crippen LogP contribution in [-0.4, -0.2) is 76.0 Å². The highest BCUT2D eigenvalue weighted by atomic mass is 16.6. The number of aromatic nitrogens is 3. The Morgan fingerprint density at radius 3 is 2.30 bits per heavy atom. The number of anilines is 1. The predicted octanol–water partition coefficient (Wildman–Crippen LogP) is -0.511. The molecule has 0 bridgehead atoms. The molecule has 0 amide bonds. The Morgan fingerprint density at radius 2 is 1.65 bits per heavy atom. The standard InChI is InChI=1S/C25H34B4N4O4/c1-13(2)18-12-21(34)33-22(30-18)14(3)15(4)23(31-33)32-9-7-16(8-10-32)35-17-5-6-19-20(11-17)37-25(28,29)24(26,27)36-19/h5-6,11-13,16H,7-10,26-29H2,1-4H3. The Labute approximate surface area is 221 Å². The molecule has 3 aromatic rings. The second-order valence-corrected chi connectivity index (χ2v) is 11.6. The zero-order valence-electron chi connectivity index (χ0n) is 23.2. The molecule has 1 fully saturated rings. The summed E-state index contributed by atoms with van der Waals surface area (Å²) in [7, 11) is 8.16. The van der Waals surface area contributed by atoms with Gasteiger partial charge in [-0.25, -0.2) is 4.98 Å². The molecular formula is C25H34B4N4O4. The van der Waals surface area contributed by atoms with Gasteiger partial charge in [-0.1, -0.05) is 13.8 Å². The van der Waals surface area contributed by atoms with Crippen molar-refractivity contribution in [2.24, 2.45) is 0 Å². The molecule has 8 nitrogen and oxygen atoms in total. The highest BCUT2D eigenvalue weighted by molar-refractivity contribution is 6.53. The average molecular weight is 498 g/mol. The Kier molecular flexibility index (Phi) is 6.27. The largest absolute Gasteiger partial charge is 0.499 e. The third-order valence-corrected chi connectivity index (χ3v) is 8.07. The summed E-state index contributed by atoms with van der Waals surface area (Å²) in [6.07, 6.45) is 1.79. The SMILES string of the molecule is BC1(B)Oc2ccc(OC3CCN(c4nn5c(=O)cc(C(C)C)nc5c(C)c4C)CC3)cc2OC1(B)B. The molecule has 5 rings (SSSR count). The number of rotatable bonds is 4. The molecule has 0 N–H and O–H groups in total. The lowest BCUT2D eigenvalue weighted by atomic mass is 9.41. The van der Waals surface area contributed by atoms with Crippen LogP contribution in [0.15, 0.2) is 29.1 Å². The van der Waals surface area contributed by atoms with Crippen molar-refractivity contribution in [3.05, 3.63) is 51.4 Å². The zero-order chi connectivity index (χ0) is 26.7. The van der Waals surface area contributed by atoms with E-state index in [1.807, 2.05) is 70.4 Å². The molecule has 2 aromatic heterocycles. The van der Waals surface area contributed by atoms with E-state index < -0.39 is 10.8 Å². The number of ether oxygens (including phenoxy) is 3. The number of hydrogen-bond donors (Lipinski definition) is 0. The first-order chi connectivity index (χ1) is 17.4. The molecule has 2 aliphatic rings. The van der Waals surface area contributed by atoms with Gasteiger partial charge in [0.05, 0.1) is 16.5 Å².